The van der Waals surface area contributed by atoms with E-state index < -0.39 is 108 Å². The van der Waals surface area contributed by atoms with E-state index in [0.29, 0.717) is 25.7 Å². The molecule has 2 unspecified atom stereocenters. The number of rotatable bonds is 21. The van der Waals surface area contributed by atoms with E-state index in [4.69, 9.17) is 48.7 Å². The van der Waals surface area contributed by atoms with Gasteiger partial charge in [-0.15, -0.1) is 6.58 Å². The molecule has 7 rings (SSSR count). The number of phosphoric acid groups is 2. The molecule has 4 aromatic rings. The minimum atomic E-state index is -5.42. The van der Waals surface area contributed by atoms with Crippen LogP contribution in [0, 0.1) is 0 Å². The van der Waals surface area contributed by atoms with Crippen molar-refractivity contribution in [2.45, 2.75) is 99.9 Å². The number of anilines is 2. The molecular formula is C39H51N9O17P2. The largest absolute Gasteiger partial charge is 0.472 e. The van der Waals surface area contributed by atoms with Crippen molar-refractivity contribution in [1.82, 2.24) is 34.0 Å². The number of hydrogen-bond donors (Lipinski definition) is 6. The summed E-state index contributed by atoms with van der Waals surface area (Å²) in [5.74, 6) is -1.48. The normalized spacial score (nSPS) is 26.6. The number of aryl methyl sites for hydroxylation is 1. The fourth-order valence-electron chi connectivity index (χ4n) is 7.80. The zero-order valence-corrected chi connectivity index (χ0v) is 37.7. The van der Waals surface area contributed by atoms with Crippen molar-refractivity contribution in [3.05, 3.63) is 84.0 Å². The molecule has 364 valence electrons. The van der Waals surface area contributed by atoms with Gasteiger partial charge in [-0.2, -0.15) is 4.98 Å². The third-order valence-electron chi connectivity index (χ3n) is 11.1. The summed E-state index contributed by atoms with van der Waals surface area (Å²) in [7, 11) is -9.16. The third-order valence-corrected chi connectivity index (χ3v) is 12.6. The molecule has 0 saturated carbocycles. The number of carbonyl (C=O) groups is 2. The molecule has 1 aromatic carbocycles. The molecule has 0 spiro atoms. The molecule has 67 heavy (non-hydrogen) atoms. The molecule has 3 saturated heterocycles. The SMILES string of the molecule is C=CCCC(=O)N(C)[C@@H](CCc1ccccc1)C(=O)O[C@H]1[C@@H](O)[C@H](n2cnc3c(N)ncnc32)O[C@@H]1COP(=O)(O)O[C@H]1[C@@H](OC2CCCO2)[C@H](n2ccc(N)nc2=O)O[C@@H]1COP(=O)(O)O. The zero-order valence-electron chi connectivity index (χ0n) is 35.9. The van der Waals surface area contributed by atoms with Gasteiger partial charge in [0.05, 0.1) is 19.5 Å². The number of nitrogen functional groups attached to an aromatic ring is 2. The Balaban J connectivity index is 1.17. The summed E-state index contributed by atoms with van der Waals surface area (Å²) in [5.41, 5.74) is 11.9. The Labute approximate surface area is 381 Å². The lowest BCUT2D eigenvalue weighted by Crippen LogP contribution is -2.47. The number of phosphoric ester groups is 2. The summed E-state index contributed by atoms with van der Waals surface area (Å²) >= 11 is 0. The molecule has 3 aliphatic heterocycles. The molecular weight excluding hydrogens is 928 g/mol. The minimum absolute atomic E-state index is 0.00446. The number of likely N-dealkylation sites (N-methyl/N-ethyl adjacent to an activating group) is 1. The number of imidazole rings is 1. The number of carbonyl (C=O) groups excluding carboxylic acids is 2. The van der Waals surface area contributed by atoms with Crippen molar-refractivity contribution < 1.29 is 75.8 Å². The van der Waals surface area contributed by atoms with E-state index in [0.717, 1.165) is 16.5 Å². The molecule has 1 amide bonds. The van der Waals surface area contributed by atoms with Crippen LogP contribution in [0.5, 0.6) is 0 Å². The van der Waals surface area contributed by atoms with E-state index in [2.05, 4.69) is 26.5 Å². The fourth-order valence-corrected chi connectivity index (χ4v) is 9.10. The van der Waals surface area contributed by atoms with Gasteiger partial charge < -0.3 is 59.8 Å². The Hall–Kier alpha value is -5.05. The van der Waals surface area contributed by atoms with E-state index in [-0.39, 0.29) is 42.2 Å². The first kappa shape index (κ1) is 49.8. The second-order valence-electron chi connectivity index (χ2n) is 15.7. The van der Waals surface area contributed by atoms with Gasteiger partial charge >= 0.3 is 27.3 Å². The second kappa shape index (κ2) is 21.5. The predicted molar refractivity (Wildman–Crippen MR) is 230 cm³/mol. The van der Waals surface area contributed by atoms with Crippen LogP contribution in [-0.4, -0.2) is 141 Å². The van der Waals surface area contributed by atoms with Crippen molar-refractivity contribution in [2.75, 3.05) is 38.3 Å². The molecule has 3 fully saturated rings. The number of fused-ring (bicyclic) bond motifs is 1. The molecule has 11 atom stereocenters. The van der Waals surface area contributed by atoms with Crippen molar-refractivity contribution in [1.29, 1.82) is 0 Å². The zero-order chi connectivity index (χ0) is 48.0. The second-order valence-corrected chi connectivity index (χ2v) is 18.3. The van der Waals surface area contributed by atoms with E-state index in [1.807, 2.05) is 30.3 Å². The number of aliphatic hydroxyl groups excluding tert-OH is 1. The van der Waals surface area contributed by atoms with E-state index in [1.54, 1.807) is 6.08 Å². The van der Waals surface area contributed by atoms with Crippen LogP contribution >= 0.6 is 15.6 Å². The van der Waals surface area contributed by atoms with Gasteiger partial charge in [-0.05, 0) is 37.3 Å². The van der Waals surface area contributed by atoms with Crippen LogP contribution < -0.4 is 17.2 Å². The monoisotopic (exact) mass is 979 g/mol. The molecule has 8 N–H and O–H groups in total. The number of nitrogens with two attached hydrogens (primary N) is 2. The summed E-state index contributed by atoms with van der Waals surface area (Å²) in [6, 6.07) is 9.26. The molecule has 6 heterocycles. The van der Waals surface area contributed by atoms with Crippen LogP contribution in [-0.2, 0) is 62.4 Å². The number of esters is 1. The maximum Gasteiger partial charge on any atom is 0.472 e. The van der Waals surface area contributed by atoms with Crippen molar-refractivity contribution >= 4 is 50.3 Å². The smallest absolute Gasteiger partial charge is 0.455 e. The van der Waals surface area contributed by atoms with Gasteiger partial charge in [-0.3, -0.25) is 27.5 Å². The maximum absolute atomic E-state index is 14.3. The first-order valence-corrected chi connectivity index (χ1v) is 24.0. The summed E-state index contributed by atoms with van der Waals surface area (Å²) in [4.78, 5) is 88.4. The lowest BCUT2D eigenvalue weighted by atomic mass is 10.0. The quantitative estimate of drug-likeness (QED) is 0.0383. The van der Waals surface area contributed by atoms with Crippen molar-refractivity contribution in [3.63, 3.8) is 0 Å². The minimum Gasteiger partial charge on any atom is -0.455 e. The first-order valence-electron chi connectivity index (χ1n) is 20.9. The molecule has 3 aliphatic rings. The van der Waals surface area contributed by atoms with Crippen molar-refractivity contribution in [2.24, 2.45) is 0 Å². The Kier molecular flexibility index (Phi) is 16.0. The highest BCUT2D eigenvalue weighted by Gasteiger charge is 2.54. The number of benzene rings is 1. The highest BCUT2D eigenvalue weighted by molar-refractivity contribution is 7.47. The first-order chi connectivity index (χ1) is 31.9. The fraction of sp³-hybridized carbons (Fsp3) is 0.513. The molecule has 26 nitrogen and oxygen atoms in total. The van der Waals surface area contributed by atoms with Crippen LogP contribution in [0.3, 0.4) is 0 Å². The number of ether oxygens (including phenoxy) is 5. The number of aliphatic hydroxyl groups is 1. The van der Waals surface area contributed by atoms with Crippen LogP contribution in [0.1, 0.15) is 50.1 Å². The van der Waals surface area contributed by atoms with Gasteiger partial charge in [-0.1, -0.05) is 36.4 Å². The number of aromatic nitrogens is 6. The Morgan fingerprint density at radius 3 is 2.43 bits per heavy atom. The number of amides is 1. The van der Waals surface area contributed by atoms with E-state index in [9.17, 15) is 43.3 Å². The average molecular weight is 980 g/mol. The highest BCUT2D eigenvalue weighted by atomic mass is 31.2. The Morgan fingerprint density at radius 1 is 1.00 bits per heavy atom. The lowest BCUT2D eigenvalue weighted by molar-refractivity contribution is -0.181. The van der Waals surface area contributed by atoms with E-state index in [1.165, 1.54) is 35.1 Å². The van der Waals surface area contributed by atoms with Crippen LogP contribution in [0.15, 0.2) is 72.7 Å². The highest BCUT2D eigenvalue weighted by Crippen LogP contribution is 2.51. The van der Waals surface area contributed by atoms with E-state index >= 15 is 0 Å². The van der Waals surface area contributed by atoms with Crippen LogP contribution in [0.4, 0.5) is 11.6 Å². The number of nitrogens with zero attached hydrogens (tertiary/aromatic N) is 7. The third kappa shape index (κ3) is 12.2. The predicted octanol–water partition coefficient (Wildman–Crippen LogP) is 0.874. The van der Waals surface area contributed by atoms with Gasteiger partial charge in [0, 0.05) is 32.7 Å². The Morgan fingerprint density at radius 2 is 1.73 bits per heavy atom. The van der Waals surface area contributed by atoms with Gasteiger partial charge in [0.2, 0.25) is 5.91 Å². The van der Waals surface area contributed by atoms with Gasteiger partial charge in [-0.25, -0.2) is 33.7 Å². The van der Waals surface area contributed by atoms with Crippen LogP contribution in [0.2, 0.25) is 0 Å². The topological polar surface area (TPSA) is 357 Å². The standard InChI is InChI=1S/C39H51N9O17P2/c1-3-4-11-27(49)46(2)23(14-13-22-9-6-5-7-10-22)38(51)64-31-24(61-36(30(31)50)48-21-44-29-34(41)42-20-43-35(29)48)19-60-67(56,57)65-32-25(18-59-66(53,54)55)62-37(33(32)63-28-12-8-17-58-28)47-16-15-26(40)45-39(47)52/h3,5-7,9-10,15-16,20-21,23-25,28,30-33,36-37,50H,1,4,8,11-14,17-19H2,2H3,(H,56,57)(H2,40,45,52)(H2,41,42,43)(H2,53,54,55)/t23-,24+,25+,28?,30+,31+,32+,33+,36+,37+/m0/s1. The summed E-state index contributed by atoms with van der Waals surface area (Å²) in [6.45, 7) is 2.07. The Bertz CT molecular complexity index is 2530. The summed E-state index contributed by atoms with van der Waals surface area (Å²) in [5, 5.41) is 11.9. The molecule has 0 aliphatic carbocycles. The summed E-state index contributed by atoms with van der Waals surface area (Å²) < 4.78 is 73.8. The molecule has 0 bridgehead atoms. The lowest BCUT2D eigenvalue weighted by Gasteiger charge is -2.30. The van der Waals surface area contributed by atoms with Gasteiger partial charge in [0.15, 0.2) is 36.3 Å². The van der Waals surface area contributed by atoms with Gasteiger partial charge in [0.1, 0.15) is 54.2 Å². The molecule has 28 heteroatoms. The average Bonchev–Trinajstić information content (AvgIpc) is 4.09. The van der Waals surface area contributed by atoms with Crippen LogP contribution in [0.25, 0.3) is 11.2 Å². The summed E-state index contributed by atoms with van der Waals surface area (Å²) in [6.07, 6.45) is -6.88. The molecule has 3 aromatic heterocycles. The molecule has 0 radical (unpaired) electrons. The van der Waals surface area contributed by atoms with Gasteiger partial charge in [0.25, 0.3) is 0 Å². The number of hydrogen-bond acceptors (Lipinski definition) is 20. The number of allylic oxidation sites excluding steroid dienone is 1. The van der Waals surface area contributed by atoms with Crippen molar-refractivity contribution in [3.8, 4) is 0 Å². The maximum atomic E-state index is 14.3.